The van der Waals surface area contributed by atoms with Crippen LogP contribution >= 0.6 is 23.2 Å². The number of nitrogens with zero attached hydrogens (tertiary/aromatic N) is 1. The molecule has 0 fully saturated rings. The van der Waals surface area contributed by atoms with Crippen molar-refractivity contribution in [1.82, 2.24) is 5.43 Å². The van der Waals surface area contributed by atoms with Crippen LogP contribution in [0, 0.1) is 0 Å². The van der Waals surface area contributed by atoms with E-state index in [2.05, 4.69) is 21.2 Å². The van der Waals surface area contributed by atoms with Gasteiger partial charge in [-0.05, 0) is 66.2 Å². The van der Waals surface area contributed by atoms with Crippen molar-refractivity contribution in [3.05, 3.63) is 76.3 Å². The molecular weight excluding hydrogens is 523 g/mol. The van der Waals surface area contributed by atoms with Gasteiger partial charge in [0.15, 0.2) is 18.1 Å². The lowest BCUT2D eigenvalue weighted by Crippen LogP contribution is -2.32. The number of anilines is 2. The Hall–Kier alpha value is -4.28. The molecule has 3 aromatic carbocycles. The molecule has 0 bridgehead atoms. The quantitative estimate of drug-likeness (QED) is 0.211. The lowest BCUT2D eigenvalue weighted by Gasteiger charge is -2.13. The Labute approximate surface area is 222 Å². The monoisotopic (exact) mass is 544 g/mol. The Morgan fingerprint density at radius 3 is 2.16 bits per heavy atom. The molecule has 0 radical (unpaired) electrons. The molecule has 37 heavy (non-hydrogen) atoms. The van der Waals surface area contributed by atoms with Gasteiger partial charge in [-0.25, -0.2) is 5.43 Å². The van der Waals surface area contributed by atoms with Crippen LogP contribution in [-0.4, -0.2) is 44.8 Å². The van der Waals surface area contributed by atoms with Crippen molar-refractivity contribution in [3.8, 4) is 17.2 Å². The summed E-state index contributed by atoms with van der Waals surface area (Å²) in [6.45, 7) is -0.328. The van der Waals surface area contributed by atoms with Gasteiger partial charge >= 0.3 is 11.8 Å². The van der Waals surface area contributed by atoms with Gasteiger partial charge in [0.2, 0.25) is 0 Å². The minimum atomic E-state index is -0.975. The number of amides is 3. The first-order valence-electron chi connectivity index (χ1n) is 10.6. The van der Waals surface area contributed by atoms with E-state index in [0.717, 1.165) is 0 Å². The summed E-state index contributed by atoms with van der Waals surface area (Å²) in [5.41, 5.74) is 3.54. The maximum Gasteiger partial charge on any atom is 0.329 e. The Bertz CT molecular complexity index is 1300. The summed E-state index contributed by atoms with van der Waals surface area (Å²) in [6, 6.07) is 16.1. The summed E-state index contributed by atoms with van der Waals surface area (Å²) in [6.07, 6.45) is 1.27. The fraction of sp³-hybridized carbons (Fsp3) is 0.120. The summed E-state index contributed by atoms with van der Waals surface area (Å²) < 4.78 is 15.9. The van der Waals surface area contributed by atoms with E-state index in [0.29, 0.717) is 27.7 Å². The molecule has 0 aliphatic heterocycles. The van der Waals surface area contributed by atoms with E-state index in [1.54, 1.807) is 48.5 Å². The molecule has 0 aliphatic rings. The van der Waals surface area contributed by atoms with E-state index in [1.165, 1.54) is 32.6 Å². The van der Waals surface area contributed by atoms with Crippen LogP contribution in [0.4, 0.5) is 11.4 Å². The van der Waals surface area contributed by atoms with Gasteiger partial charge < -0.3 is 24.8 Å². The first-order chi connectivity index (χ1) is 17.8. The summed E-state index contributed by atoms with van der Waals surface area (Å²) in [5, 5.41) is 9.57. The number of methoxy groups -OCH3 is 2. The highest BCUT2D eigenvalue weighted by Crippen LogP contribution is 2.36. The summed E-state index contributed by atoms with van der Waals surface area (Å²) in [5.74, 6) is -1.30. The summed E-state index contributed by atoms with van der Waals surface area (Å²) in [4.78, 5) is 36.3. The van der Waals surface area contributed by atoms with Crippen LogP contribution in [0.15, 0.2) is 65.8 Å². The van der Waals surface area contributed by atoms with Crippen molar-refractivity contribution in [3.63, 3.8) is 0 Å². The van der Waals surface area contributed by atoms with E-state index in [1.807, 2.05) is 0 Å². The molecule has 12 heteroatoms. The second-order valence-corrected chi connectivity index (χ2v) is 8.10. The van der Waals surface area contributed by atoms with Crippen molar-refractivity contribution in [2.75, 3.05) is 31.5 Å². The predicted molar refractivity (Wildman–Crippen MR) is 141 cm³/mol. The number of hydrazone groups is 1. The molecule has 3 N–H and O–H groups in total. The van der Waals surface area contributed by atoms with Crippen molar-refractivity contribution in [2.45, 2.75) is 0 Å². The maximum atomic E-state index is 12.2. The van der Waals surface area contributed by atoms with E-state index in [-0.39, 0.29) is 23.1 Å². The maximum absolute atomic E-state index is 12.2. The Morgan fingerprint density at radius 1 is 0.865 bits per heavy atom. The third-order valence-electron chi connectivity index (χ3n) is 4.66. The topological polar surface area (TPSA) is 127 Å². The highest BCUT2D eigenvalue weighted by atomic mass is 35.5. The lowest BCUT2D eigenvalue weighted by molar-refractivity contribution is -0.136. The third-order valence-corrected chi connectivity index (χ3v) is 5.19. The average molecular weight is 545 g/mol. The molecule has 3 rings (SSSR count). The van der Waals surface area contributed by atoms with Gasteiger partial charge in [-0.15, -0.1) is 0 Å². The fourth-order valence-corrected chi connectivity index (χ4v) is 3.30. The molecule has 3 aromatic rings. The third kappa shape index (κ3) is 8.13. The van der Waals surface area contributed by atoms with Crippen LogP contribution in [-0.2, 0) is 14.4 Å². The Morgan fingerprint density at radius 2 is 1.51 bits per heavy atom. The van der Waals surface area contributed by atoms with E-state index >= 15 is 0 Å². The van der Waals surface area contributed by atoms with E-state index < -0.39 is 17.7 Å². The summed E-state index contributed by atoms with van der Waals surface area (Å²) >= 11 is 12.1. The Kier molecular flexibility index (Phi) is 9.70. The van der Waals surface area contributed by atoms with Gasteiger partial charge in [0.25, 0.3) is 5.91 Å². The minimum Gasteiger partial charge on any atom is -0.497 e. The predicted octanol–water partition coefficient (Wildman–Crippen LogP) is 4.12. The lowest BCUT2D eigenvalue weighted by atomic mass is 10.2. The zero-order valence-electron chi connectivity index (χ0n) is 19.7. The van der Waals surface area contributed by atoms with E-state index in [4.69, 9.17) is 37.4 Å². The van der Waals surface area contributed by atoms with Crippen molar-refractivity contribution >= 4 is 58.5 Å². The van der Waals surface area contributed by atoms with Gasteiger partial charge in [0.05, 0.1) is 25.5 Å². The number of carbonyl (C=O) groups excluding carboxylic acids is 3. The van der Waals surface area contributed by atoms with Crippen molar-refractivity contribution < 1.29 is 28.6 Å². The van der Waals surface area contributed by atoms with Crippen LogP contribution in [0.25, 0.3) is 0 Å². The molecule has 0 saturated heterocycles. The van der Waals surface area contributed by atoms with Crippen LogP contribution in [0.1, 0.15) is 5.56 Å². The van der Waals surface area contributed by atoms with Gasteiger partial charge in [-0.3, -0.25) is 14.4 Å². The molecule has 0 atom stereocenters. The van der Waals surface area contributed by atoms with Gasteiger partial charge in [-0.2, -0.15) is 5.10 Å². The largest absolute Gasteiger partial charge is 0.497 e. The fourth-order valence-electron chi connectivity index (χ4n) is 2.90. The molecule has 0 aromatic heterocycles. The molecular formula is C25H22Cl2N4O6. The molecule has 0 saturated carbocycles. The first-order valence-corrected chi connectivity index (χ1v) is 11.4. The number of hydrogen-bond donors (Lipinski definition) is 3. The second-order valence-electron chi connectivity index (χ2n) is 7.26. The van der Waals surface area contributed by atoms with Crippen LogP contribution in [0.3, 0.4) is 0 Å². The molecule has 0 aliphatic carbocycles. The van der Waals surface area contributed by atoms with Crippen molar-refractivity contribution in [1.29, 1.82) is 0 Å². The highest BCUT2D eigenvalue weighted by molar-refractivity contribution is 6.39. The number of benzene rings is 3. The highest BCUT2D eigenvalue weighted by Gasteiger charge is 2.15. The average Bonchev–Trinajstić information content (AvgIpc) is 2.89. The van der Waals surface area contributed by atoms with Gasteiger partial charge in [0.1, 0.15) is 5.75 Å². The van der Waals surface area contributed by atoms with Crippen LogP contribution in [0.5, 0.6) is 17.2 Å². The molecule has 0 spiro atoms. The summed E-state index contributed by atoms with van der Waals surface area (Å²) in [7, 11) is 2.92. The van der Waals surface area contributed by atoms with Crippen LogP contribution < -0.4 is 30.3 Å². The zero-order chi connectivity index (χ0) is 26.8. The molecule has 0 heterocycles. The molecule has 10 nitrogen and oxygen atoms in total. The SMILES string of the molecule is COc1ccc(NC(=O)C(=O)N/N=C\c2cc(Cl)c(OCC(=O)Nc3ccc(Cl)cc3)c(OC)c2)cc1. The van der Waals surface area contributed by atoms with Gasteiger partial charge in [0, 0.05) is 16.4 Å². The minimum absolute atomic E-state index is 0.142. The normalized spacial score (nSPS) is 10.5. The standard InChI is InChI=1S/C25H22Cl2N4O6/c1-35-19-9-7-18(8-10-19)30-24(33)25(34)31-28-13-15-11-20(27)23(21(12-15)36-2)37-14-22(32)29-17-5-3-16(26)4-6-17/h3-13H,14H2,1-2H3,(H,29,32)(H,30,33)(H,31,34)/b28-13-. The van der Waals surface area contributed by atoms with Crippen molar-refractivity contribution in [2.24, 2.45) is 5.10 Å². The molecule has 0 unspecified atom stereocenters. The van der Waals surface area contributed by atoms with Gasteiger partial charge in [-0.1, -0.05) is 23.2 Å². The van der Waals surface area contributed by atoms with Crippen LogP contribution in [0.2, 0.25) is 10.0 Å². The molecule has 3 amide bonds. The number of halogens is 2. The first kappa shape index (κ1) is 27.3. The number of carbonyl (C=O) groups is 3. The number of rotatable bonds is 9. The number of ether oxygens (including phenoxy) is 3. The molecule has 192 valence electrons. The number of hydrogen-bond acceptors (Lipinski definition) is 7. The second kappa shape index (κ2) is 13.1. The smallest absolute Gasteiger partial charge is 0.329 e. The zero-order valence-corrected chi connectivity index (χ0v) is 21.2. The van der Waals surface area contributed by atoms with E-state index in [9.17, 15) is 14.4 Å². The Balaban J connectivity index is 1.56. The number of nitrogens with one attached hydrogen (secondary N) is 3.